The van der Waals surface area contributed by atoms with Gasteiger partial charge in [0.2, 0.25) is 0 Å². The standard InChI is InChI=1S/C10H12O6S.K.H/c1-10(13,9(11)12)16-17(14,15)7-8-5-3-2-4-6-8;;/h2-6,13H,7H2,1H3,(H,11,12);;/q;+1;-1. The van der Waals surface area contributed by atoms with Crippen molar-refractivity contribution in [3.05, 3.63) is 35.9 Å². The van der Waals surface area contributed by atoms with Crippen molar-refractivity contribution in [2.75, 3.05) is 0 Å². The van der Waals surface area contributed by atoms with Gasteiger partial charge in [0.15, 0.2) is 0 Å². The summed E-state index contributed by atoms with van der Waals surface area (Å²) in [5.41, 5.74) is 0.439. The molecule has 0 amide bonds. The molecule has 0 spiro atoms. The van der Waals surface area contributed by atoms with Gasteiger partial charge in [-0.1, -0.05) is 30.3 Å². The second-order valence-electron chi connectivity index (χ2n) is 3.56. The van der Waals surface area contributed by atoms with E-state index in [1.54, 1.807) is 30.3 Å². The Morgan fingerprint density at radius 1 is 1.39 bits per heavy atom. The van der Waals surface area contributed by atoms with Crippen LogP contribution < -0.4 is 51.4 Å². The van der Waals surface area contributed by atoms with Gasteiger partial charge in [-0.25, -0.2) is 8.98 Å². The quantitative estimate of drug-likeness (QED) is 0.352. The van der Waals surface area contributed by atoms with Crippen molar-refractivity contribution < 1.29 is 80.4 Å². The molecule has 0 fully saturated rings. The predicted octanol–water partition coefficient (Wildman–Crippen LogP) is -2.56. The molecule has 1 rings (SSSR count). The fraction of sp³-hybridized carbons (Fsp3) is 0.300. The van der Waals surface area contributed by atoms with Crippen LogP contribution in [-0.4, -0.2) is 30.4 Å². The Hall–Kier alpha value is 0.196. The Labute approximate surface area is 149 Å². The number of benzene rings is 1. The Morgan fingerprint density at radius 3 is 2.33 bits per heavy atom. The van der Waals surface area contributed by atoms with E-state index in [1.165, 1.54) is 0 Å². The molecule has 0 radical (unpaired) electrons. The van der Waals surface area contributed by atoms with Crippen molar-refractivity contribution in [1.82, 2.24) is 0 Å². The first kappa shape index (κ1) is 18.2. The van der Waals surface area contributed by atoms with Crippen LogP contribution in [0.4, 0.5) is 0 Å². The van der Waals surface area contributed by atoms with E-state index in [0.29, 0.717) is 5.56 Å². The summed E-state index contributed by atoms with van der Waals surface area (Å²) in [6, 6.07) is 8.09. The van der Waals surface area contributed by atoms with Gasteiger partial charge >= 0.3 is 57.4 Å². The number of carboxylic acid groups (broad SMARTS) is 1. The Morgan fingerprint density at radius 2 is 1.89 bits per heavy atom. The van der Waals surface area contributed by atoms with Crippen LogP contribution in [0.25, 0.3) is 0 Å². The maximum absolute atomic E-state index is 11.5. The fourth-order valence-electron chi connectivity index (χ4n) is 1.09. The van der Waals surface area contributed by atoms with Crippen LogP contribution in [0.5, 0.6) is 0 Å². The van der Waals surface area contributed by atoms with Crippen molar-refractivity contribution in [2.45, 2.75) is 18.5 Å². The average molecular weight is 300 g/mol. The first-order valence-corrected chi connectivity index (χ1v) is 6.24. The number of hydrogen-bond donors (Lipinski definition) is 2. The third-order valence-electron chi connectivity index (χ3n) is 1.87. The third-order valence-corrected chi connectivity index (χ3v) is 3.14. The summed E-state index contributed by atoms with van der Waals surface area (Å²) in [5, 5.41) is 17.7. The molecular formula is C10H13KO6S. The number of carbonyl (C=O) groups is 1. The number of aliphatic carboxylic acids is 1. The summed E-state index contributed by atoms with van der Waals surface area (Å²) >= 11 is 0. The zero-order chi connectivity index (χ0) is 13.1. The van der Waals surface area contributed by atoms with Gasteiger partial charge < -0.3 is 11.6 Å². The molecule has 0 aliphatic heterocycles. The molecule has 0 bridgehead atoms. The van der Waals surface area contributed by atoms with Gasteiger partial charge in [0.1, 0.15) is 5.75 Å². The van der Waals surface area contributed by atoms with Crippen molar-refractivity contribution in [1.29, 1.82) is 0 Å². The van der Waals surface area contributed by atoms with Gasteiger partial charge in [-0.3, -0.25) is 0 Å². The number of rotatable bonds is 5. The van der Waals surface area contributed by atoms with Crippen LogP contribution >= 0.6 is 0 Å². The van der Waals surface area contributed by atoms with Crippen LogP contribution in [-0.2, 0) is 24.8 Å². The summed E-state index contributed by atoms with van der Waals surface area (Å²) in [7, 11) is -4.17. The van der Waals surface area contributed by atoms with Gasteiger partial charge in [-0.2, -0.15) is 8.42 Å². The van der Waals surface area contributed by atoms with Crippen LogP contribution in [0.1, 0.15) is 13.9 Å². The van der Waals surface area contributed by atoms with Crippen LogP contribution in [0, 0.1) is 0 Å². The number of hydrogen-bond acceptors (Lipinski definition) is 5. The van der Waals surface area contributed by atoms with Gasteiger partial charge in [0.25, 0.3) is 15.9 Å². The molecule has 0 saturated heterocycles. The molecule has 1 atom stereocenters. The molecule has 0 aliphatic rings. The molecule has 2 N–H and O–H groups in total. The Balaban J connectivity index is 0. The average Bonchev–Trinajstić information content (AvgIpc) is 2.16. The second kappa shape index (κ2) is 7.11. The molecule has 18 heavy (non-hydrogen) atoms. The summed E-state index contributed by atoms with van der Waals surface area (Å²) in [5.74, 6) is -5.03. The minimum absolute atomic E-state index is 0. The molecule has 0 heterocycles. The largest absolute Gasteiger partial charge is 1.00 e. The predicted molar refractivity (Wildman–Crippen MR) is 59.5 cm³/mol. The number of aliphatic hydroxyl groups is 1. The van der Waals surface area contributed by atoms with Crippen LogP contribution in [0.15, 0.2) is 30.3 Å². The van der Waals surface area contributed by atoms with E-state index in [2.05, 4.69) is 4.18 Å². The van der Waals surface area contributed by atoms with Crippen molar-refractivity contribution in [2.24, 2.45) is 0 Å². The molecule has 1 aromatic rings. The topological polar surface area (TPSA) is 101 Å². The van der Waals surface area contributed by atoms with E-state index in [9.17, 15) is 18.3 Å². The first-order valence-electron chi connectivity index (χ1n) is 4.66. The van der Waals surface area contributed by atoms with E-state index in [-0.39, 0.29) is 52.8 Å². The minimum atomic E-state index is -4.17. The molecule has 1 unspecified atom stereocenters. The first-order chi connectivity index (χ1) is 7.73. The Kier molecular flexibility index (Phi) is 7.18. The summed E-state index contributed by atoms with van der Waals surface area (Å²) in [6.45, 7) is 0.748. The van der Waals surface area contributed by atoms with E-state index in [1.807, 2.05) is 0 Å². The van der Waals surface area contributed by atoms with E-state index in [4.69, 9.17) is 5.11 Å². The van der Waals surface area contributed by atoms with Gasteiger partial charge in [-0.15, -0.1) is 0 Å². The molecule has 0 aromatic heterocycles. The molecule has 6 nitrogen and oxygen atoms in total. The normalized spacial score (nSPS) is 14.3. The van der Waals surface area contributed by atoms with Gasteiger partial charge in [0.05, 0.1) is 0 Å². The maximum Gasteiger partial charge on any atom is 1.00 e. The molecule has 96 valence electrons. The van der Waals surface area contributed by atoms with Crippen LogP contribution in [0.2, 0.25) is 0 Å². The number of carboxylic acids is 1. The van der Waals surface area contributed by atoms with E-state index >= 15 is 0 Å². The summed E-state index contributed by atoms with van der Waals surface area (Å²) in [6.07, 6.45) is 0. The third kappa shape index (κ3) is 5.89. The summed E-state index contributed by atoms with van der Waals surface area (Å²) in [4.78, 5) is 10.5. The molecule has 0 saturated carbocycles. The van der Waals surface area contributed by atoms with Crippen molar-refractivity contribution in [3.8, 4) is 0 Å². The van der Waals surface area contributed by atoms with E-state index in [0.717, 1.165) is 6.92 Å². The van der Waals surface area contributed by atoms with Crippen LogP contribution in [0.3, 0.4) is 0 Å². The minimum Gasteiger partial charge on any atom is -1.00 e. The van der Waals surface area contributed by atoms with Crippen molar-refractivity contribution in [3.63, 3.8) is 0 Å². The zero-order valence-corrected chi connectivity index (χ0v) is 14.0. The molecule has 8 heteroatoms. The van der Waals surface area contributed by atoms with Gasteiger partial charge in [0, 0.05) is 6.92 Å². The molecule has 1 aromatic carbocycles. The second-order valence-corrected chi connectivity index (χ2v) is 5.13. The maximum atomic E-state index is 11.5. The molecule has 0 aliphatic carbocycles. The van der Waals surface area contributed by atoms with Crippen molar-refractivity contribution >= 4 is 16.1 Å². The smallest absolute Gasteiger partial charge is 1.00 e. The zero-order valence-electron chi connectivity index (χ0n) is 11.0. The SMILES string of the molecule is CC(O)(OS(=O)(=O)Cc1ccccc1)C(=O)O.[H-].[K+]. The Bertz CT molecular complexity index is 502. The summed E-state index contributed by atoms with van der Waals surface area (Å²) < 4.78 is 27.2. The van der Waals surface area contributed by atoms with Gasteiger partial charge in [-0.05, 0) is 5.56 Å². The fourth-order valence-corrected chi connectivity index (χ4v) is 2.32. The van der Waals surface area contributed by atoms with E-state index < -0.39 is 27.6 Å². The molecular weight excluding hydrogens is 287 g/mol. The monoisotopic (exact) mass is 300 g/mol.